The Bertz CT molecular complexity index is 1400. The molecule has 1 amide bonds. The van der Waals surface area contributed by atoms with Gasteiger partial charge in [-0.2, -0.15) is 9.78 Å². The highest BCUT2D eigenvalue weighted by Crippen LogP contribution is 2.30. The number of halogens is 2. The number of carbonyl (C=O) groups excluding carboxylic acids is 1. The molecule has 1 aliphatic rings. The highest BCUT2D eigenvalue weighted by molar-refractivity contribution is 9.10. The number of nitrogens with two attached hydrogens (primary N) is 1. The zero-order valence-electron chi connectivity index (χ0n) is 17.5. The quantitative estimate of drug-likeness (QED) is 0.289. The van der Waals surface area contributed by atoms with Gasteiger partial charge in [-0.05, 0) is 62.0 Å². The fraction of sp³-hybridized carbons (Fsp3) is 0.143. The number of nitrogens with one attached hydrogen (secondary N) is 1. The van der Waals surface area contributed by atoms with E-state index in [9.17, 15) is 9.18 Å². The van der Waals surface area contributed by atoms with E-state index in [2.05, 4.69) is 58.0 Å². The molecule has 4 aromatic rings. The van der Waals surface area contributed by atoms with Gasteiger partial charge >= 0.3 is 0 Å². The number of amides is 1. The summed E-state index contributed by atoms with van der Waals surface area (Å²) >= 11 is 3.12. The summed E-state index contributed by atoms with van der Waals surface area (Å²) in [5, 5.41) is 19.4. The maximum absolute atomic E-state index is 13.4. The molecule has 0 atom stereocenters. The van der Waals surface area contributed by atoms with E-state index < -0.39 is 11.7 Å². The molecular weight excluding hydrogens is 509 g/mol. The second-order valence-electron chi connectivity index (χ2n) is 7.44. The van der Waals surface area contributed by atoms with Crippen LogP contribution in [0.15, 0.2) is 56.7 Å². The molecule has 3 heterocycles. The standard InChI is InChI=1S/C21H17BrFN9O2/c22-14-9-12(5-6-15(14)23)10-25-27-21(33)18-17(32(30-26-18)20-19(24)28-34-29-20)11-31-8-7-13-3-1-2-4-16(13)31/h1-6,9-10H,7-8,11H2,(H2,24,28)(H,27,33). The first kappa shape index (κ1) is 21.7. The molecule has 0 spiro atoms. The predicted octanol–water partition coefficient (Wildman–Crippen LogP) is 2.46. The minimum Gasteiger partial charge on any atom is -0.378 e. The molecule has 0 aliphatic carbocycles. The summed E-state index contributed by atoms with van der Waals surface area (Å²) in [6.45, 7) is 1.07. The Morgan fingerprint density at radius 3 is 2.94 bits per heavy atom. The Balaban J connectivity index is 1.43. The lowest BCUT2D eigenvalue weighted by Crippen LogP contribution is -2.26. The van der Waals surface area contributed by atoms with Crippen LogP contribution in [-0.4, -0.2) is 44.0 Å². The molecule has 0 unspecified atom stereocenters. The number of benzene rings is 2. The summed E-state index contributed by atoms with van der Waals surface area (Å²) in [5.74, 6) is -0.831. The van der Waals surface area contributed by atoms with E-state index in [-0.39, 0.29) is 21.8 Å². The highest BCUT2D eigenvalue weighted by Gasteiger charge is 2.28. The third-order valence-electron chi connectivity index (χ3n) is 5.32. The third-order valence-corrected chi connectivity index (χ3v) is 5.93. The van der Waals surface area contributed by atoms with Gasteiger partial charge in [-0.15, -0.1) is 5.10 Å². The number of hydrazone groups is 1. The molecule has 5 rings (SSSR count). The molecule has 1 aliphatic heterocycles. The SMILES string of the molecule is Nc1nonc1-n1nnc(C(=O)NN=Cc2ccc(F)c(Br)c2)c1CN1CCc2ccccc21. The van der Waals surface area contributed by atoms with Crippen molar-refractivity contribution in [2.24, 2.45) is 5.10 Å². The largest absolute Gasteiger partial charge is 0.378 e. The number of nitrogen functional groups attached to an aromatic ring is 1. The molecule has 11 nitrogen and oxygen atoms in total. The fourth-order valence-corrected chi connectivity index (χ4v) is 4.09. The van der Waals surface area contributed by atoms with Crippen LogP contribution in [0.4, 0.5) is 15.9 Å². The smallest absolute Gasteiger partial charge is 0.293 e. The van der Waals surface area contributed by atoms with Crippen LogP contribution >= 0.6 is 15.9 Å². The molecule has 0 radical (unpaired) electrons. The van der Waals surface area contributed by atoms with Gasteiger partial charge in [0.05, 0.1) is 22.9 Å². The van der Waals surface area contributed by atoms with E-state index >= 15 is 0 Å². The molecule has 172 valence electrons. The first-order chi connectivity index (χ1) is 16.5. The number of rotatable bonds is 6. The van der Waals surface area contributed by atoms with Crippen LogP contribution in [0.2, 0.25) is 0 Å². The van der Waals surface area contributed by atoms with Crippen molar-refractivity contribution in [2.45, 2.75) is 13.0 Å². The maximum Gasteiger partial charge on any atom is 0.293 e. The van der Waals surface area contributed by atoms with Gasteiger partial charge in [0.1, 0.15) is 5.82 Å². The third kappa shape index (κ3) is 4.12. The highest BCUT2D eigenvalue weighted by atomic mass is 79.9. The van der Waals surface area contributed by atoms with Gasteiger partial charge in [0, 0.05) is 12.2 Å². The van der Waals surface area contributed by atoms with Crippen LogP contribution in [0.3, 0.4) is 0 Å². The Hall–Kier alpha value is -4.13. The average molecular weight is 526 g/mol. The zero-order valence-corrected chi connectivity index (χ0v) is 19.1. The van der Waals surface area contributed by atoms with Crippen molar-refractivity contribution in [3.8, 4) is 5.82 Å². The van der Waals surface area contributed by atoms with Crippen LogP contribution in [0, 0.1) is 5.82 Å². The summed E-state index contributed by atoms with van der Waals surface area (Å²) in [4.78, 5) is 15.1. The normalized spacial score (nSPS) is 12.9. The first-order valence-electron chi connectivity index (χ1n) is 10.2. The van der Waals surface area contributed by atoms with Crippen molar-refractivity contribution in [1.29, 1.82) is 0 Å². The molecule has 2 aromatic heterocycles. The summed E-state index contributed by atoms with van der Waals surface area (Å²) in [5.41, 5.74) is 11.6. The van der Waals surface area contributed by atoms with Crippen molar-refractivity contribution in [3.05, 3.63) is 75.3 Å². The van der Waals surface area contributed by atoms with E-state index in [1.165, 1.54) is 34.7 Å². The van der Waals surface area contributed by atoms with Crippen molar-refractivity contribution in [2.75, 3.05) is 17.2 Å². The van der Waals surface area contributed by atoms with Crippen molar-refractivity contribution in [3.63, 3.8) is 0 Å². The van der Waals surface area contributed by atoms with Gasteiger partial charge in [-0.3, -0.25) is 4.79 Å². The van der Waals surface area contributed by atoms with Gasteiger partial charge in [-0.1, -0.05) is 29.5 Å². The van der Waals surface area contributed by atoms with Gasteiger partial charge in [0.2, 0.25) is 11.6 Å². The Kier molecular flexibility index (Phi) is 5.76. The van der Waals surface area contributed by atoms with Gasteiger partial charge in [0.25, 0.3) is 5.91 Å². The lowest BCUT2D eigenvalue weighted by molar-refractivity contribution is 0.0949. The molecule has 0 bridgehead atoms. The first-order valence-corrected chi connectivity index (χ1v) is 10.9. The monoisotopic (exact) mass is 525 g/mol. The number of aromatic nitrogens is 5. The van der Waals surface area contributed by atoms with E-state index in [1.54, 1.807) is 0 Å². The molecular formula is C21H17BrFN9O2. The van der Waals surface area contributed by atoms with Crippen LogP contribution < -0.4 is 16.1 Å². The number of hydrogen-bond donors (Lipinski definition) is 2. The lowest BCUT2D eigenvalue weighted by atomic mass is 10.2. The summed E-state index contributed by atoms with van der Waals surface area (Å²) in [6.07, 6.45) is 2.27. The summed E-state index contributed by atoms with van der Waals surface area (Å²) in [7, 11) is 0. The molecule has 34 heavy (non-hydrogen) atoms. The zero-order chi connectivity index (χ0) is 23.7. The van der Waals surface area contributed by atoms with Gasteiger partial charge < -0.3 is 10.6 Å². The Morgan fingerprint density at radius 2 is 2.15 bits per heavy atom. The molecule has 3 N–H and O–H groups in total. The van der Waals surface area contributed by atoms with Gasteiger partial charge in [-0.25, -0.2) is 14.4 Å². The fourth-order valence-electron chi connectivity index (χ4n) is 3.69. The molecule has 2 aromatic carbocycles. The van der Waals surface area contributed by atoms with Crippen LogP contribution in [0.1, 0.15) is 27.3 Å². The van der Waals surface area contributed by atoms with Crippen LogP contribution in [-0.2, 0) is 13.0 Å². The van der Waals surface area contributed by atoms with Crippen molar-refractivity contribution < 1.29 is 13.8 Å². The number of fused-ring (bicyclic) bond motifs is 1. The average Bonchev–Trinajstić information content (AvgIpc) is 3.55. The number of para-hydroxylation sites is 1. The minimum atomic E-state index is -0.582. The predicted molar refractivity (Wildman–Crippen MR) is 124 cm³/mol. The van der Waals surface area contributed by atoms with Crippen molar-refractivity contribution >= 4 is 39.6 Å². The van der Waals surface area contributed by atoms with E-state index in [1.807, 2.05) is 18.2 Å². The second-order valence-corrected chi connectivity index (χ2v) is 8.30. The minimum absolute atomic E-state index is 0.0137. The number of carbonyl (C=O) groups is 1. The van der Waals surface area contributed by atoms with E-state index in [0.717, 1.165) is 18.7 Å². The second kappa shape index (κ2) is 9.02. The Morgan fingerprint density at radius 1 is 1.29 bits per heavy atom. The Labute approximate surface area is 200 Å². The van der Waals surface area contributed by atoms with E-state index in [0.29, 0.717) is 17.8 Å². The summed E-state index contributed by atoms with van der Waals surface area (Å²) < 4.78 is 19.7. The number of anilines is 2. The van der Waals surface area contributed by atoms with E-state index in [4.69, 9.17) is 10.4 Å². The van der Waals surface area contributed by atoms with Crippen LogP contribution in [0.5, 0.6) is 0 Å². The number of hydrogen-bond acceptors (Lipinski definition) is 9. The number of nitrogens with zero attached hydrogens (tertiary/aromatic N) is 7. The molecule has 0 saturated heterocycles. The maximum atomic E-state index is 13.4. The molecule has 13 heteroatoms. The summed E-state index contributed by atoms with van der Waals surface area (Å²) in [6, 6.07) is 12.4. The van der Waals surface area contributed by atoms with Gasteiger partial charge in [0.15, 0.2) is 5.69 Å². The van der Waals surface area contributed by atoms with Crippen molar-refractivity contribution in [1.82, 2.24) is 30.7 Å². The molecule has 0 saturated carbocycles. The lowest BCUT2D eigenvalue weighted by Gasteiger charge is -2.19. The topological polar surface area (TPSA) is 140 Å². The molecule has 0 fully saturated rings. The van der Waals surface area contributed by atoms with Crippen LogP contribution in [0.25, 0.3) is 5.82 Å².